The molecular weight excluding hydrogens is 374 g/mol. The molecule has 0 fully saturated rings. The van der Waals surface area contributed by atoms with Crippen LogP contribution in [0.1, 0.15) is 53.0 Å². The van der Waals surface area contributed by atoms with Gasteiger partial charge in [-0.2, -0.15) is 0 Å². The van der Waals surface area contributed by atoms with Crippen molar-refractivity contribution in [2.75, 3.05) is 19.5 Å². The Labute approximate surface area is 170 Å². The molecule has 0 spiro atoms. The Kier molecular flexibility index (Phi) is 7.36. The zero-order valence-corrected chi connectivity index (χ0v) is 17.1. The van der Waals surface area contributed by atoms with Gasteiger partial charge in [-0.25, -0.2) is 9.59 Å². The molecule has 29 heavy (non-hydrogen) atoms. The van der Waals surface area contributed by atoms with Crippen molar-refractivity contribution in [3.8, 4) is 5.75 Å². The van der Waals surface area contributed by atoms with Gasteiger partial charge in [-0.05, 0) is 42.7 Å². The van der Waals surface area contributed by atoms with Gasteiger partial charge in [-0.3, -0.25) is 4.79 Å². The summed E-state index contributed by atoms with van der Waals surface area (Å²) < 4.78 is 15.3. The lowest BCUT2D eigenvalue weighted by Gasteiger charge is -2.19. The molecular formula is C22H25NO6. The summed E-state index contributed by atoms with van der Waals surface area (Å²) in [5.41, 5.74) is 1.42. The average Bonchev–Trinajstić information content (AvgIpc) is 2.72. The molecule has 2 aromatic carbocycles. The Hall–Kier alpha value is -3.35. The van der Waals surface area contributed by atoms with Crippen molar-refractivity contribution in [2.45, 2.75) is 32.8 Å². The number of methoxy groups -OCH3 is 2. The van der Waals surface area contributed by atoms with E-state index < -0.39 is 23.9 Å². The second-order valence-electron chi connectivity index (χ2n) is 6.69. The number of hydrogen-bond donors (Lipinski definition) is 1. The molecule has 154 valence electrons. The van der Waals surface area contributed by atoms with E-state index >= 15 is 0 Å². The number of para-hydroxylation sites is 1. The molecule has 1 N–H and O–H groups in total. The van der Waals surface area contributed by atoms with Crippen LogP contribution in [0.25, 0.3) is 0 Å². The van der Waals surface area contributed by atoms with Crippen molar-refractivity contribution in [2.24, 2.45) is 0 Å². The van der Waals surface area contributed by atoms with Crippen LogP contribution in [0.4, 0.5) is 5.69 Å². The van der Waals surface area contributed by atoms with Gasteiger partial charge in [0.15, 0.2) is 6.10 Å². The predicted octanol–water partition coefficient (Wildman–Crippen LogP) is 3.79. The molecule has 0 aliphatic carbocycles. The maximum atomic E-state index is 12.7. The number of nitrogens with one attached hydrogen (secondary N) is 1. The Morgan fingerprint density at radius 1 is 0.897 bits per heavy atom. The van der Waals surface area contributed by atoms with E-state index in [0.29, 0.717) is 5.75 Å². The molecule has 0 unspecified atom stereocenters. The molecule has 0 aromatic heterocycles. The third kappa shape index (κ3) is 5.34. The van der Waals surface area contributed by atoms with Crippen LogP contribution in [0, 0.1) is 0 Å². The van der Waals surface area contributed by atoms with E-state index in [-0.39, 0.29) is 22.7 Å². The zero-order valence-electron chi connectivity index (χ0n) is 17.1. The first kappa shape index (κ1) is 21.9. The molecule has 0 saturated heterocycles. The van der Waals surface area contributed by atoms with E-state index in [2.05, 4.69) is 5.32 Å². The molecule has 7 heteroatoms. The normalized spacial score (nSPS) is 11.5. The fourth-order valence-corrected chi connectivity index (χ4v) is 2.72. The van der Waals surface area contributed by atoms with Crippen LogP contribution in [-0.2, 0) is 14.3 Å². The minimum atomic E-state index is -0.845. The summed E-state index contributed by atoms with van der Waals surface area (Å²) in [7, 11) is 2.48. The van der Waals surface area contributed by atoms with Crippen molar-refractivity contribution in [1.29, 1.82) is 0 Å². The SMILES string of the molecule is COC(=O)c1ccc(C(=O)OC)c(NC(=O)[C@@H](C)Oc2ccccc2C(C)C)c1. The lowest BCUT2D eigenvalue weighted by molar-refractivity contribution is -0.122. The zero-order chi connectivity index (χ0) is 21.6. The van der Waals surface area contributed by atoms with E-state index in [0.717, 1.165) is 5.56 Å². The van der Waals surface area contributed by atoms with Crippen LogP contribution < -0.4 is 10.1 Å². The van der Waals surface area contributed by atoms with Crippen LogP contribution >= 0.6 is 0 Å². The fourth-order valence-electron chi connectivity index (χ4n) is 2.72. The monoisotopic (exact) mass is 399 g/mol. The van der Waals surface area contributed by atoms with Crippen LogP contribution in [0.5, 0.6) is 5.75 Å². The molecule has 0 aliphatic heterocycles. The summed E-state index contributed by atoms with van der Waals surface area (Å²) in [6.45, 7) is 5.68. The predicted molar refractivity (Wildman–Crippen MR) is 108 cm³/mol. The maximum absolute atomic E-state index is 12.7. The van der Waals surface area contributed by atoms with Gasteiger partial charge < -0.3 is 19.5 Å². The van der Waals surface area contributed by atoms with Gasteiger partial charge in [-0.15, -0.1) is 0 Å². The van der Waals surface area contributed by atoms with E-state index in [1.165, 1.54) is 32.4 Å². The Morgan fingerprint density at radius 3 is 2.17 bits per heavy atom. The summed E-state index contributed by atoms with van der Waals surface area (Å²) in [5, 5.41) is 2.64. The third-order valence-corrected chi connectivity index (χ3v) is 4.32. The van der Waals surface area contributed by atoms with Gasteiger partial charge in [0.2, 0.25) is 0 Å². The third-order valence-electron chi connectivity index (χ3n) is 4.32. The topological polar surface area (TPSA) is 90.9 Å². The summed E-state index contributed by atoms with van der Waals surface area (Å²) in [4.78, 5) is 36.5. The summed E-state index contributed by atoms with van der Waals surface area (Å²) in [5.74, 6) is -0.871. The first-order chi connectivity index (χ1) is 13.8. The molecule has 0 heterocycles. The number of ether oxygens (including phenoxy) is 3. The smallest absolute Gasteiger partial charge is 0.339 e. The largest absolute Gasteiger partial charge is 0.481 e. The molecule has 7 nitrogen and oxygen atoms in total. The highest BCUT2D eigenvalue weighted by atomic mass is 16.5. The number of rotatable bonds is 7. The van der Waals surface area contributed by atoms with Crippen LogP contribution in [0.2, 0.25) is 0 Å². The van der Waals surface area contributed by atoms with Crippen molar-refractivity contribution < 1.29 is 28.6 Å². The summed E-state index contributed by atoms with van der Waals surface area (Å²) >= 11 is 0. The standard InChI is InChI=1S/C22H25NO6/c1-13(2)16-8-6-7-9-19(16)29-14(3)20(24)23-18-12-15(21(25)27-4)10-11-17(18)22(26)28-5/h6-14H,1-5H3,(H,23,24)/t14-/m1/s1. The van der Waals surface area contributed by atoms with E-state index in [1.807, 2.05) is 32.0 Å². The summed E-state index contributed by atoms with van der Waals surface area (Å²) in [6, 6.07) is 11.7. The number of carbonyl (C=O) groups excluding carboxylic acids is 3. The van der Waals surface area contributed by atoms with Crippen molar-refractivity contribution in [3.63, 3.8) is 0 Å². The molecule has 1 atom stereocenters. The van der Waals surface area contributed by atoms with Crippen molar-refractivity contribution in [1.82, 2.24) is 0 Å². The van der Waals surface area contributed by atoms with E-state index in [1.54, 1.807) is 13.0 Å². The number of carbonyl (C=O) groups is 3. The second kappa shape index (κ2) is 9.73. The second-order valence-corrected chi connectivity index (χ2v) is 6.69. The van der Waals surface area contributed by atoms with Crippen molar-refractivity contribution >= 4 is 23.5 Å². The molecule has 1 amide bonds. The minimum absolute atomic E-state index is 0.114. The van der Waals surface area contributed by atoms with Gasteiger partial charge in [0, 0.05) is 0 Å². The van der Waals surface area contributed by atoms with Crippen LogP contribution in [0.3, 0.4) is 0 Å². The molecule has 0 bridgehead atoms. The average molecular weight is 399 g/mol. The fraction of sp³-hybridized carbons (Fsp3) is 0.318. The van der Waals surface area contributed by atoms with Gasteiger partial charge in [0.1, 0.15) is 5.75 Å². The molecule has 0 aliphatic rings. The Bertz CT molecular complexity index is 906. The maximum Gasteiger partial charge on any atom is 0.339 e. The summed E-state index contributed by atoms with van der Waals surface area (Å²) in [6.07, 6.45) is -0.845. The number of benzene rings is 2. The number of amides is 1. The van der Waals surface area contributed by atoms with Crippen LogP contribution in [0.15, 0.2) is 42.5 Å². The van der Waals surface area contributed by atoms with E-state index in [9.17, 15) is 14.4 Å². The van der Waals surface area contributed by atoms with Gasteiger partial charge >= 0.3 is 11.9 Å². The molecule has 0 radical (unpaired) electrons. The van der Waals surface area contributed by atoms with Crippen molar-refractivity contribution in [3.05, 3.63) is 59.2 Å². The first-order valence-corrected chi connectivity index (χ1v) is 9.15. The lowest BCUT2D eigenvalue weighted by Crippen LogP contribution is -2.31. The Balaban J connectivity index is 2.26. The highest BCUT2D eigenvalue weighted by Gasteiger charge is 2.21. The molecule has 0 saturated carbocycles. The van der Waals surface area contributed by atoms with Gasteiger partial charge in [0.05, 0.1) is 31.0 Å². The highest BCUT2D eigenvalue weighted by Crippen LogP contribution is 2.27. The lowest BCUT2D eigenvalue weighted by atomic mass is 10.0. The number of anilines is 1. The quantitative estimate of drug-likeness (QED) is 0.713. The first-order valence-electron chi connectivity index (χ1n) is 9.15. The Morgan fingerprint density at radius 2 is 1.55 bits per heavy atom. The van der Waals surface area contributed by atoms with E-state index in [4.69, 9.17) is 14.2 Å². The van der Waals surface area contributed by atoms with Gasteiger partial charge in [0.25, 0.3) is 5.91 Å². The number of hydrogen-bond acceptors (Lipinski definition) is 6. The highest BCUT2D eigenvalue weighted by molar-refractivity contribution is 6.04. The molecule has 2 rings (SSSR count). The van der Waals surface area contributed by atoms with Crippen LogP contribution in [-0.4, -0.2) is 38.2 Å². The number of esters is 2. The minimum Gasteiger partial charge on any atom is -0.481 e. The van der Waals surface area contributed by atoms with Gasteiger partial charge in [-0.1, -0.05) is 32.0 Å². The molecule has 2 aromatic rings.